The Morgan fingerprint density at radius 3 is 2.55 bits per heavy atom. The molecule has 0 spiro atoms. The van der Waals surface area contributed by atoms with Gasteiger partial charge in [0, 0.05) is 23.2 Å². The van der Waals surface area contributed by atoms with E-state index in [-0.39, 0.29) is 24.0 Å². The van der Waals surface area contributed by atoms with Crippen molar-refractivity contribution in [3.63, 3.8) is 0 Å². The number of imide groups is 2. The molecule has 1 unspecified atom stereocenters. The molecule has 208 valence electrons. The number of rotatable bonds is 7. The number of carbonyl (C=O) groups is 5. The second-order valence-corrected chi connectivity index (χ2v) is 11.0. The Morgan fingerprint density at radius 1 is 1.15 bits per heavy atom. The number of aromatic nitrogens is 1. The van der Waals surface area contributed by atoms with Gasteiger partial charge in [-0.3, -0.25) is 29.4 Å². The van der Waals surface area contributed by atoms with Crippen LogP contribution < -0.4 is 20.7 Å². The molecule has 0 saturated carbocycles. The third kappa shape index (κ3) is 4.66. The lowest BCUT2D eigenvalue weighted by atomic mass is 9.93. The number of ether oxygens (including phenoxy) is 1. The molecule has 2 aliphatic heterocycles. The van der Waals surface area contributed by atoms with Gasteiger partial charge in [-0.25, -0.2) is 9.78 Å². The molecule has 1 fully saturated rings. The van der Waals surface area contributed by atoms with Crippen LogP contribution in [0.3, 0.4) is 0 Å². The second-order valence-electron chi connectivity index (χ2n) is 9.55. The molecule has 11 nitrogen and oxygen atoms in total. The number of anilines is 1. The van der Waals surface area contributed by atoms with E-state index in [4.69, 9.17) is 21.3 Å². The van der Waals surface area contributed by atoms with E-state index in [1.165, 1.54) is 29.5 Å². The average molecular weight is 584 g/mol. The molecule has 0 aliphatic carbocycles. The van der Waals surface area contributed by atoms with E-state index in [1.807, 2.05) is 13.8 Å². The van der Waals surface area contributed by atoms with Crippen LogP contribution >= 0.6 is 22.9 Å². The van der Waals surface area contributed by atoms with Crippen molar-refractivity contribution >= 4 is 68.5 Å². The van der Waals surface area contributed by atoms with Crippen LogP contribution in [0, 0.1) is 0 Å². The molecular weight excluding hydrogens is 558 g/mol. The number of benzene rings is 2. The van der Waals surface area contributed by atoms with Gasteiger partial charge in [-0.2, -0.15) is 0 Å². The van der Waals surface area contributed by atoms with E-state index >= 15 is 0 Å². The SMILES string of the molecule is CCC(CC)(NC(=O)Nc1ccc2c(c1)C(=O)N(C1CCC(=O)NC1=O)C2=O)c1nc2c(OC)cc(Cl)cc2s1. The smallest absolute Gasteiger partial charge is 0.320 e. The maximum atomic E-state index is 13.2. The van der Waals surface area contributed by atoms with Gasteiger partial charge in [0.15, 0.2) is 0 Å². The molecular formula is C27H26ClN5O6S. The molecule has 13 heteroatoms. The van der Waals surface area contributed by atoms with Crippen LogP contribution in [-0.2, 0) is 15.1 Å². The van der Waals surface area contributed by atoms with Gasteiger partial charge in [0.2, 0.25) is 11.8 Å². The highest BCUT2D eigenvalue weighted by Crippen LogP contribution is 2.39. The van der Waals surface area contributed by atoms with E-state index in [0.717, 1.165) is 9.60 Å². The van der Waals surface area contributed by atoms with Gasteiger partial charge in [-0.15, -0.1) is 11.3 Å². The lowest BCUT2D eigenvalue weighted by molar-refractivity contribution is -0.136. The van der Waals surface area contributed by atoms with E-state index < -0.39 is 41.2 Å². The molecule has 1 atom stereocenters. The Kier molecular flexibility index (Phi) is 7.23. The molecule has 2 aromatic carbocycles. The Hall–Kier alpha value is -4.03. The number of halogens is 1. The van der Waals surface area contributed by atoms with Crippen LogP contribution in [0.1, 0.15) is 65.3 Å². The van der Waals surface area contributed by atoms with Crippen LogP contribution in [-0.4, -0.2) is 52.7 Å². The molecule has 1 saturated heterocycles. The van der Waals surface area contributed by atoms with E-state index in [2.05, 4.69) is 16.0 Å². The van der Waals surface area contributed by atoms with Crippen LogP contribution in [0.2, 0.25) is 5.02 Å². The molecule has 1 aromatic heterocycles. The van der Waals surface area contributed by atoms with Crippen LogP contribution in [0.25, 0.3) is 10.2 Å². The normalized spacial score (nSPS) is 17.2. The Morgan fingerprint density at radius 2 is 1.88 bits per heavy atom. The zero-order chi connectivity index (χ0) is 28.8. The van der Waals surface area contributed by atoms with Crippen molar-refractivity contribution in [3.8, 4) is 5.75 Å². The summed E-state index contributed by atoms with van der Waals surface area (Å²) < 4.78 is 6.27. The van der Waals surface area contributed by atoms with Crippen LogP contribution in [0.15, 0.2) is 30.3 Å². The Balaban J connectivity index is 1.37. The number of fused-ring (bicyclic) bond motifs is 2. The van der Waals surface area contributed by atoms with Gasteiger partial charge in [0.25, 0.3) is 11.8 Å². The minimum Gasteiger partial charge on any atom is -0.494 e. The first-order valence-electron chi connectivity index (χ1n) is 12.7. The molecule has 3 aromatic rings. The number of nitrogens with zero attached hydrogens (tertiary/aromatic N) is 2. The highest BCUT2D eigenvalue weighted by molar-refractivity contribution is 7.18. The maximum Gasteiger partial charge on any atom is 0.320 e. The number of nitrogens with one attached hydrogen (secondary N) is 3. The summed E-state index contributed by atoms with van der Waals surface area (Å²) in [6.45, 7) is 3.90. The van der Waals surface area contributed by atoms with Crippen molar-refractivity contribution < 1.29 is 28.7 Å². The van der Waals surface area contributed by atoms with Gasteiger partial charge in [0.05, 0.1) is 28.5 Å². The summed E-state index contributed by atoms with van der Waals surface area (Å²) in [4.78, 5) is 68.7. The van der Waals surface area contributed by atoms with E-state index in [9.17, 15) is 24.0 Å². The van der Waals surface area contributed by atoms with Crippen LogP contribution in [0.5, 0.6) is 5.75 Å². The Labute approximate surface area is 238 Å². The molecule has 3 heterocycles. The number of amides is 6. The largest absolute Gasteiger partial charge is 0.494 e. The van der Waals surface area contributed by atoms with Crippen LogP contribution in [0.4, 0.5) is 10.5 Å². The molecule has 3 N–H and O–H groups in total. The van der Waals surface area contributed by atoms with Crippen molar-refractivity contribution in [1.29, 1.82) is 0 Å². The van der Waals surface area contributed by atoms with Gasteiger partial charge < -0.3 is 15.4 Å². The number of hydrogen-bond donors (Lipinski definition) is 3. The topological polar surface area (TPSA) is 147 Å². The van der Waals surface area contributed by atoms with Crippen molar-refractivity contribution in [3.05, 3.63) is 51.5 Å². The first-order valence-corrected chi connectivity index (χ1v) is 13.9. The number of thiazole rings is 1. The maximum absolute atomic E-state index is 13.2. The average Bonchev–Trinajstić information content (AvgIpc) is 3.46. The van der Waals surface area contributed by atoms with E-state index in [1.54, 1.807) is 19.2 Å². The number of piperidine rings is 1. The summed E-state index contributed by atoms with van der Waals surface area (Å²) in [7, 11) is 1.54. The van der Waals surface area contributed by atoms with Crippen molar-refractivity contribution in [2.45, 2.75) is 51.1 Å². The van der Waals surface area contributed by atoms with Gasteiger partial charge >= 0.3 is 6.03 Å². The summed E-state index contributed by atoms with van der Waals surface area (Å²) in [5.41, 5.74) is 0.347. The molecule has 0 radical (unpaired) electrons. The second kappa shape index (κ2) is 10.5. The highest BCUT2D eigenvalue weighted by Gasteiger charge is 2.44. The minimum atomic E-state index is -1.07. The van der Waals surface area contributed by atoms with Gasteiger partial charge in [-0.05, 0) is 43.5 Å². The monoisotopic (exact) mass is 583 g/mol. The van der Waals surface area contributed by atoms with Gasteiger partial charge in [-0.1, -0.05) is 25.4 Å². The first-order chi connectivity index (χ1) is 19.1. The van der Waals surface area contributed by atoms with E-state index in [0.29, 0.717) is 39.8 Å². The number of methoxy groups -OCH3 is 1. The summed E-state index contributed by atoms with van der Waals surface area (Å²) in [5, 5.41) is 9.17. The molecule has 0 bridgehead atoms. The van der Waals surface area contributed by atoms with Crippen molar-refractivity contribution in [1.82, 2.24) is 20.5 Å². The number of hydrogen-bond acceptors (Lipinski definition) is 8. The molecule has 5 rings (SSSR count). The van der Waals surface area contributed by atoms with Crippen molar-refractivity contribution in [2.24, 2.45) is 0 Å². The predicted octanol–water partition coefficient (Wildman–Crippen LogP) is 4.20. The lowest BCUT2D eigenvalue weighted by Gasteiger charge is -2.30. The Bertz CT molecular complexity index is 1580. The number of carbonyl (C=O) groups excluding carboxylic acids is 5. The summed E-state index contributed by atoms with van der Waals surface area (Å²) in [5.74, 6) is -1.86. The fourth-order valence-corrected chi connectivity index (χ4v) is 6.62. The zero-order valence-corrected chi connectivity index (χ0v) is 23.5. The van der Waals surface area contributed by atoms with Crippen molar-refractivity contribution in [2.75, 3.05) is 12.4 Å². The summed E-state index contributed by atoms with van der Waals surface area (Å²) in [6.07, 6.45) is 1.18. The molecule has 40 heavy (non-hydrogen) atoms. The molecule has 6 amide bonds. The first kappa shape index (κ1) is 27.5. The number of urea groups is 1. The summed E-state index contributed by atoms with van der Waals surface area (Å²) >= 11 is 7.65. The highest BCUT2D eigenvalue weighted by atomic mass is 35.5. The predicted molar refractivity (Wildman–Crippen MR) is 149 cm³/mol. The zero-order valence-electron chi connectivity index (χ0n) is 21.9. The minimum absolute atomic E-state index is 0.0296. The fraction of sp³-hybridized carbons (Fsp3) is 0.333. The molecule has 2 aliphatic rings. The lowest BCUT2D eigenvalue weighted by Crippen LogP contribution is -2.54. The third-order valence-electron chi connectivity index (χ3n) is 7.31. The summed E-state index contributed by atoms with van der Waals surface area (Å²) in [6, 6.07) is 6.26. The standard InChI is InChI=1S/C27H26ClN5O6S/c1-4-27(5-2,25-31-21-18(39-3)10-13(28)11-19(21)40-25)32-26(38)29-14-6-7-15-16(12-14)24(37)33(23(15)36)17-8-9-20(34)30-22(17)35/h6-7,10-12,17H,4-5,8-9H2,1-3H3,(H2,29,32,38)(H,30,34,35). The van der Waals surface area contributed by atoms with Gasteiger partial charge in [0.1, 0.15) is 22.3 Å². The fourth-order valence-electron chi connectivity index (χ4n) is 5.04. The third-order valence-corrected chi connectivity index (χ3v) is 8.74. The quantitative estimate of drug-likeness (QED) is 0.353.